The van der Waals surface area contributed by atoms with Crippen molar-refractivity contribution in [1.82, 2.24) is 0 Å². The summed E-state index contributed by atoms with van der Waals surface area (Å²) < 4.78 is 6.07. The van der Waals surface area contributed by atoms with E-state index in [-0.39, 0.29) is 11.9 Å². The Balaban J connectivity index is 1.41. The average molecular weight is 350 g/mol. The number of hydrogen-bond donors (Lipinski definition) is 1. The number of ether oxygens (including phenoxy) is 1. The number of carbonyl (C=O) groups is 1. The second-order valence-electron chi connectivity index (χ2n) is 7.29. The van der Waals surface area contributed by atoms with Crippen LogP contribution in [0.3, 0.4) is 0 Å². The molecule has 1 amide bonds. The van der Waals surface area contributed by atoms with Gasteiger partial charge in [0.05, 0.1) is 6.10 Å². The lowest BCUT2D eigenvalue weighted by Gasteiger charge is -2.23. The summed E-state index contributed by atoms with van der Waals surface area (Å²) in [6, 6.07) is 15.8. The molecule has 136 valence electrons. The van der Waals surface area contributed by atoms with Crippen molar-refractivity contribution in [1.29, 1.82) is 0 Å². The molecule has 1 unspecified atom stereocenters. The summed E-state index contributed by atoms with van der Waals surface area (Å²) in [5.74, 6) is 0.991. The SMILES string of the molecule is CC(Nc1cccc(OC2CCCC2)c1)C(=O)N1CCc2ccccc21. The quantitative estimate of drug-likeness (QED) is 0.869. The minimum absolute atomic E-state index is 0.108. The highest BCUT2D eigenvalue weighted by Crippen LogP contribution is 2.29. The predicted molar refractivity (Wildman–Crippen MR) is 105 cm³/mol. The third-order valence-electron chi connectivity index (χ3n) is 5.35. The van der Waals surface area contributed by atoms with Crippen molar-refractivity contribution in [2.45, 2.75) is 51.2 Å². The molecule has 1 saturated carbocycles. The van der Waals surface area contributed by atoms with Crippen LogP contribution in [-0.4, -0.2) is 24.6 Å². The van der Waals surface area contributed by atoms with Crippen molar-refractivity contribution in [2.75, 3.05) is 16.8 Å². The molecule has 0 radical (unpaired) electrons. The van der Waals surface area contributed by atoms with E-state index in [0.717, 1.165) is 42.9 Å². The molecule has 2 aliphatic rings. The van der Waals surface area contributed by atoms with Crippen molar-refractivity contribution in [3.8, 4) is 5.75 Å². The molecule has 4 heteroatoms. The topological polar surface area (TPSA) is 41.6 Å². The average Bonchev–Trinajstić information content (AvgIpc) is 3.31. The Labute approximate surface area is 155 Å². The summed E-state index contributed by atoms with van der Waals surface area (Å²) in [4.78, 5) is 14.8. The maximum Gasteiger partial charge on any atom is 0.249 e. The molecule has 1 heterocycles. The summed E-state index contributed by atoms with van der Waals surface area (Å²) in [7, 11) is 0. The van der Waals surface area contributed by atoms with Crippen LogP contribution in [0.25, 0.3) is 0 Å². The van der Waals surface area contributed by atoms with Crippen LogP contribution in [0, 0.1) is 0 Å². The van der Waals surface area contributed by atoms with Gasteiger partial charge in [-0.05, 0) is 62.8 Å². The summed E-state index contributed by atoms with van der Waals surface area (Å²) in [6.07, 6.45) is 6.06. The number of hydrogen-bond acceptors (Lipinski definition) is 3. The Bertz CT molecular complexity index is 783. The molecule has 26 heavy (non-hydrogen) atoms. The lowest BCUT2D eigenvalue weighted by molar-refractivity contribution is -0.118. The van der Waals surface area contributed by atoms with Crippen LogP contribution in [0.2, 0.25) is 0 Å². The van der Waals surface area contributed by atoms with E-state index in [1.807, 2.05) is 54.3 Å². The number of anilines is 2. The molecule has 4 rings (SSSR count). The van der Waals surface area contributed by atoms with E-state index in [1.54, 1.807) is 0 Å². The smallest absolute Gasteiger partial charge is 0.249 e. The van der Waals surface area contributed by atoms with Crippen LogP contribution >= 0.6 is 0 Å². The van der Waals surface area contributed by atoms with Crippen molar-refractivity contribution in [3.63, 3.8) is 0 Å². The monoisotopic (exact) mass is 350 g/mol. The van der Waals surface area contributed by atoms with E-state index in [9.17, 15) is 4.79 Å². The van der Waals surface area contributed by atoms with Crippen LogP contribution in [0.1, 0.15) is 38.2 Å². The standard InChI is InChI=1S/C22H26N2O2/c1-16(22(25)24-14-13-17-7-2-5-12-21(17)24)23-18-8-6-11-20(15-18)26-19-9-3-4-10-19/h2,5-8,11-12,15-16,19,23H,3-4,9-10,13-14H2,1H3. The Hall–Kier alpha value is -2.49. The van der Waals surface area contributed by atoms with Crippen LogP contribution < -0.4 is 15.0 Å². The fraction of sp³-hybridized carbons (Fsp3) is 0.409. The lowest BCUT2D eigenvalue weighted by atomic mass is 10.2. The van der Waals surface area contributed by atoms with Gasteiger partial charge in [-0.2, -0.15) is 0 Å². The highest BCUT2D eigenvalue weighted by atomic mass is 16.5. The van der Waals surface area contributed by atoms with Gasteiger partial charge < -0.3 is 15.0 Å². The highest BCUT2D eigenvalue weighted by Gasteiger charge is 2.27. The summed E-state index contributed by atoms with van der Waals surface area (Å²) >= 11 is 0. The lowest BCUT2D eigenvalue weighted by Crippen LogP contribution is -2.40. The van der Waals surface area contributed by atoms with Gasteiger partial charge in [-0.25, -0.2) is 0 Å². The molecule has 0 aromatic heterocycles. The molecular formula is C22H26N2O2. The first kappa shape index (κ1) is 17.0. The van der Waals surface area contributed by atoms with Crippen LogP contribution in [-0.2, 0) is 11.2 Å². The molecule has 1 aliphatic carbocycles. The molecule has 1 aliphatic heterocycles. The minimum Gasteiger partial charge on any atom is -0.490 e. The first-order valence-electron chi connectivity index (χ1n) is 9.63. The maximum atomic E-state index is 12.9. The predicted octanol–water partition coefficient (Wildman–Crippen LogP) is 4.40. The van der Waals surface area contributed by atoms with Crippen molar-refractivity contribution in [2.24, 2.45) is 0 Å². The van der Waals surface area contributed by atoms with E-state index in [1.165, 1.54) is 18.4 Å². The Morgan fingerprint density at radius 2 is 1.96 bits per heavy atom. The summed E-state index contributed by atoms with van der Waals surface area (Å²) in [6.45, 7) is 2.68. The Kier molecular flexibility index (Phi) is 4.83. The third-order valence-corrected chi connectivity index (χ3v) is 5.35. The van der Waals surface area contributed by atoms with Gasteiger partial charge in [-0.3, -0.25) is 4.79 Å². The molecule has 0 bridgehead atoms. The number of nitrogens with zero attached hydrogens (tertiary/aromatic N) is 1. The van der Waals surface area contributed by atoms with Crippen molar-refractivity contribution in [3.05, 3.63) is 54.1 Å². The van der Waals surface area contributed by atoms with E-state index in [2.05, 4.69) is 11.4 Å². The zero-order valence-corrected chi connectivity index (χ0v) is 15.3. The zero-order valence-electron chi connectivity index (χ0n) is 15.3. The van der Waals surface area contributed by atoms with E-state index in [4.69, 9.17) is 4.74 Å². The van der Waals surface area contributed by atoms with E-state index in [0.29, 0.717) is 6.10 Å². The molecule has 0 spiro atoms. The van der Waals surface area contributed by atoms with Gasteiger partial charge in [0.15, 0.2) is 0 Å². The fourth-order valence-electron chi connectivity index (χ4n) is 3.97. The van der Waals surface area contributed by atoms with Gasteiger partial charge in [0.25, 0.3) is 0 Å². The fourth-order valence-corrected chi connectivity index (χ4v) is 3.97. The maximum absolute atomic E-state index is 12.9. The van der Waals surface area contributed by atoms with E-state index >= 15 is 0 Å². The van der Waals surface area contributed by atoms with Crippen LogP contribution in [0.5, 0.6) is 5.75 Å². The summed E-state index contributed by atoms with van der Waals surface area (Å²) in [5.41, 5.74) is 3.22. The van der Waals surface area contributed by atoms with Crippen molar-refractivity contribution < 1.29 is 9.53 Å². The minimum atomic E-state index is -0.289. The number of carbonyl (C=O) groups excluding carboxylic acids is 1. The van der Waals surface area contributed by atoms with Gasteiger partial charge >= 0.3 is 0 Å². The van der Waals surface area contributed by atoms with E-state index < -0.39 is 0 Å². The van der Waals surface area contributed by atoms with Gasteiger partial charge in [0.2, 0.25) is 5.91 Å². The number of amides is 1. The molecule has 1 atom stereocenters. The number of rotatable bonds is 5. The molecular weight excluding hydrogens is 324 g/mol. The van der Waals surface area contributed by atoms with Gasteiger partial charge in [-0.15, -0.1) is 0 Å². The Morgan fingerprint density at radius 3 is 2.81 bits per heavy atom. The molecule has 1 N–H and O–H groups in total. The second-order valence-corrected chi connectivity index (χ2v) is 7.29. The summed E-state index contributed by atoms with van der Waals surface area (Å²) in [5, 5.41) is 3.34. The highest BCUT2D eigenvalue weighted by molar-refractivity contribution is 6.00. The molecule has 2 aromatic carbocycles. The van der Waals surface area contributed by atoms with Gasteiger partial charge in [0.1, 0.15) is 11.8 Å². The molecule has 1 fully saturated rings. The normalized spacial score (nSPS) is 17.8. The van der Waals surface area contributed by atoms with Gasteiger partial charge in [0, 0.05) is 24.0 Å². The largest absolute Gasteiger partial charge is 0.490 e. The first-order valence-corrected chi connectivity index (χ1v) is 9.63. The third kappa shape index (κ3) is 3.55. The van der Waals surface area contributed by atoms with Crippen molar-refractivity contribution >= 4 is 17.3 Å². The number of benzene rings is 2. The first-order chi connectivity index (χ1) is 12.7. The number of nitrogens with one attached hydrogen (secondary N) is 1. The van der Waals surface area contributed by atoms with Crippen LogP contribution in [0.4, 0.5) is 11.4 Å². The Morgan fingerprint density at radius 1 is 1.15 bits per heavy atom. The number of para-hydroxylation sites is 1. The van der Waals surface area contributed by atoms with Crippen LogP contribution in [0.15, 0.2) is 48.5 Å². The molecule has 4 nitrogen and oxygen atoms in total. The number of fused-ring (bicyclic) bond motifs is 1. The zero-order chi connectivity index (χ0) is 17.9. The molecule has 2 aromatic rings. The van der Waals surface area contributed by atoms with Gasteiger partial charge in [-0.1, -0.05) is 24.3 Å². The second kappa shape index (κ2) is 7.40. The molecule has 0 saturated heterocycles.